The first-order valence-corrected chi connectivity index (χ1v) is 7.12. The van der Waals surface area contributed by atoms with Crippen molar-refractivity contribution in [2.75, 3.05) is 11.9 Å². The third-order valence-electron chi connectivity index (χ3n) is 3.37. The molecule has 0 saturated carbocycles. The van der Waals surface area contributed by atoms with E-state index in [1.807, 2.05) is 18.3 Å². The molecule has 0 aliphatic rings. The quantitative estimate of drug-likeness (QED) is 0.891. The molecule has 1 atom stereocenters. The Morgan fingerprint density at radius 1 is 1.27 bits per heavy atom. The van der Waals surface area contributed by atoms with Crippen LogP contribution >= 0.6 is 0 Å². The molecule has 0 aromatic carbocycles. The highest BCUT2D eigenvalue weighted by molar-refractivity contribution is 5.88. The molecule has 0 bridgehead atoms. The first-order valence-electron chi connectivity index (χ1n) is 7.12. The van der Waals surface area contributed by atoms with Gasteiger partial charge in [-0.05, 0) is 29.7 Å². The van der Waals surface area contributed by atoms with Crippen molar-refractivity contribution >= 4 is 11.8 Å². The second-order valence-corrected chi connectivity index (χ2v) is 5.33. The number of aromatic nitrogens is 2. The fraction of sp³-hybridized carbons (Fsp3) is 0.312. The molecule has 6 heteroatoms. The molecular weight excluding hydrogens is 283 g/mol. The molecule has 0 saturated heterocycles. The first kappa shape index (κ1) is 15.9. The van der Waals surface area contributed by atoms with Gasteiger partial charge in [-0.25, -0.2) is 14.2 Å². The minimum Gasteiger partial charge on any atom is -0.337 e. The van der Waals surface area contributed by atoms with Crippen LogP contribution in [0.2, 0.25) is 0 Å². The summed E-state index contributed by atoms with van der Waals surface area (Å²) in [5, 5.41) is 5.39. The predicted octanol–water partition coefficient (Wildman–Crippen LogP) is 3.18. The molecule has 2 rings (SSSR count). The maximum atomic E-state index is 12.8. The fourth-order valence-corrected chi connectivity index (χ4v) is 2.15. The van der Waals surface area contributed by atoms with Crippen LogP contribution in [-0.4, -0.2) is 22.5 Å². The maximum Gasteiger partial charge on any atom is 0.320 e. The third-order valence-corrected chi connectivity index (χ3v) is 3.37. The lowest BCUT2D eigenvalue weighted by atomic mass is 9.89. The van der Waals surface area contributed by atoms with Crippen molar-refractivity contribution < 1.29 is 9.18 Å². The van der Waals surface area contributed by atoms with Crippen LogP contribution in [0.1, 0.15) is 25.3 Å². The number of carbonyl (C=O) groups excluding carboxylic acids is 1. The van der Waals surface area contributed by atoms with Crippen molar-refractivity contribution in [2.45, 2.75) is 19.8 Å². The Balaban J connectivity index is 1.92. The van der Waals surface area contributed by atoms with Crippen molar-refractivity contribution in [3.63, 3.8) is 0 Å². The molecule has 0 fully saturated rings. The van der Waals surface area contributed by atoms with Crippen molar-refractivity contribution in [2.24, 2.45) is 5.92 Å². The largest absolute Gasteiger partial charge is 0.337 e. The zero-order valence-electron chi connectivity index (χ0n) is 12.6. The smallest absolute Gasteiger partial charge is 0.320 e. The normalized spacial score (nSPS) is 12.0. The Bertz CT molecular complexity index is 601. The van der Waals surface area contributed by atoms with Crippen LogP contribution in [0, 0.1) is 11.7 Å². The van der Waals surface area contributed by atoms with E-state index in [0.29, 0.717) is 18.3 Å². The number of hydrogen-bond donors (Lipinski definition) is 2. The number of halogens is 1. The molecule has 2 N–H and O–H groups in total. The monoisotopic (exact) mass is 302 g/mol. The number of nitrogens with zero attached hydrogens (tertiary/aromatic N) is 2. The van der Waals surface area contributed by atoms with Gasteiger partial charge in [0.25, 0.3) is 0 Å². The number of amides is 2. The van der Waals surface area contributed by atoms with Crippen LogP contribution in [0.15, 0.2) is 42.9 Å². The van der Waals surface area contributed by atoms with Gasteiger partial charge in [0.15, 0.2) is 0 Å². The highest BCUT2D eigenvalue weighted by Crippen LogP contribution is 2.22. The van der Waals surface area contributed by atoms with Gasteiger partial charge >= 0.3 is 6.03 Å². The number of pyridine rings is 2. The Labute approximate surface area is 129 Å². The summed E-state index contributed by atoms with van der Waals surface area (Å²) in [6, 6.07) is 6.17. The van der Waals surface area contributed by atoms with E-state index in [9.17, 15) is 9.18 Å². The summed E-state index contributed by atoms with van der Waals surface area (Å²) in [4.78, 5) is 19.8. The number of anilines is 1. The summed E-state index contributed by atoms with van der Waals surface area (Å²) in [6.07, 6.45) is 4.59. The van der Waals surface area contributed by atoms with Gasteiger partial charge in [-0.15, -0.1) is 0 Å². The molecule has 0 aliphatic heterocycles. The molecule has 2 heterocycles. The molecule has 22 heavy (non-hydrogen) atoms. The second kappa shape index (κ2) is 7.49. The van der Waals surface area contributed by atoms with Crippen molar-refractivity contribution in [3.05, 3.63) is 54.2 Å². The molecule has 0 radical (unpaired) electrons. The van der Waals surface area contributed by atoms with Gasteiger partial charge in [0, 0.05) is 24.9 Å². The molecule has 0 spiro atoms. The SMILES string of the molecule is CC(C)[C@H](CNC(=O)Nc1ccc(F)cn1)c1cccnc1. The molecule has 2 amide bonds. The van der Waals surface area contributed by atoms with Gasteiger partial charge < -0.3 is 5.32 Å². The Kier molecular flexibility index (Phi) is 5.41. The summed E-state index contributed by atoms with van der Waals surface area (Å²) < 4.78 is 12.8. The second-order valence-electron chi connectivity index (χ2n) is 5.33. The molecule has 5 nitrogen and oxygen atoms in total. The standard InChI is InChI=1S/C16H19FN4O/c1-11(2)14(12-4-3-7-18-8-12)10-20-16(22)21-15-6-5-13(17)9-19-15/h3-9,11,14H,10H2,1-2H3,(H2,19,20,21,22)/t14-/m0/s1. The van der Waals surface area contributed by atoms with E-state index < -0.39 is 5.82 Å². The highest BCUT2D eigenvalue weighted by atomic mass is 19.1. The maximum absolute atomic E-state index is 12.8. The lowest BCUT2D eigenvalue weighted by Gasteiger charge is -2.21. The van der Waals surface area contributed by atoms with Crippen LogP contribution in [0.25, 0.3) is 0 Å². The minimum atomic E-state index is -0.442. The van der Waals surface area contributed by atoms with Crippen LogP contribution in [-0.2, 0) is 0 Å². The summed E-state index contributed by atoms with van der Waals surface area (Å²) in [5.41, 5.74) is 1.08. The van der Waals surface area contributed by atoms with Crippen molar-refractivity contribution in [3.8, 4) is 0 Å². The van der Waals surface area contributed by atoms with Crippen LogP contribution in [0.5, 0.6) is 0 Å². The molecule has 116 valence electrons. The summed E-state index contributed by atoms with van der Waals surface area (Å²) >= 11 is 0. The Morgan fingerprint density at radius 2 is 2.09 bits per heavy atom. The average Bonchev–Trinajstić information content (AvgIpc) is 2.50. The number of carbonyl (C=O) groups is 1. The van der Waals surface area contributed by atoms with Gasteiger partial charge in [-0.2, -0.15) is 0 Å². The average molecular weight is 302 g/mol. The molecule has 2 aromatic rings. The van der Waals surface area contributed by atoms with Crippen LogP contribution in [0.3, 0.4) is 0 Å². The van der Waals surface area contributed by atoms with E-state index in [2.05, 4.69) is 34.4 Å². The summed E-state index contributed by atoms with van der Waals surface area (Å²) in [7, 11) is 0. The van der Waals surface area contributed by atoms with Gasteiger partial charge in [0.2, 0.25) is 0 Å². The van der Waals surface area contributed by atoms with Gasteiger partial charge in [0.05, 0.1) is 6.20 Å². The lowest BCUT2D eigenvalue weighted by molar-refractivity contribution is 0.250. The topological polar surface area (TPSA) is 66.9 Å². The molecule has 0 aliphatic carbocycles. The molecular formula is C16H19FN4O. The Morgan fingerprint density at radius 3 is 2.68 bits per heavy atom. The van der Waals surface area contributed by atoms with E-state index in [1.165, 1.54) is 12.1 Å². The van der Waals surface area contributed by atoms with Crippen LogP contribution in [0.4, 0.5) is 15.0 Å². The Hall–Kier alpha value is -2.50. The zero-order valence-corrected chi connectivity index (χ0v) is 12.6. The van der Waals surface area contributed by atoms with Crippen molar-refractivity contribution in [1.29, 1.82) is 0 Å². The predicted molar refractivity (Wildman–Crippen MR) is 83.0 cm³/mol. The minimum absolute atomic E-state index is 0.167. The van der Waals surface area contributed by atoms with E-state index in [-0.39, 0.29) is 11.9 Å². The van der Waals surface area contributed by atoms with E-state index in [4.69, 9.17) is 0 Å². The fourth-order valence-electron chi connectivity index (χ4n) is 2.15. The van der Waals surface area contributed by atoms with Gasteiger partial charge in [-0.3, -0.25) is 10.3 Å². The highest BCUT2D eigenvalue weighted by Gasteiger charge is 2.17. The number of rotatable bonds is 5. The molecule has 0 unspecified atom stereocenters. The van der Waals surface area contributed by atoms with E-state index in [0.717, 1.165) is 11.8 Å². The lowest BCUT2D eigenvalue weighted by Crippen LogP contribution is -2.34. The number of urea groups is 1. The third kappa shape index (κ3) is 4.51. The van der Waals surface area contributed by atoms with Crippen molar-refractivity contribution in [1.82, 2.24) is 15.3 Å². The van der Waals surface area contributed by atoms with E-state index in [1.54, 1.807) is 6.20 Å². The van der Waals surface area contributed by atoms with E-state index >= 15 is 0 Å². The zero-order chi connectivity index (χ0) is 15.9. The molecule has 2 aromatic heterocycles. The summed E-state index contributed by atoms with van der Waals surface area (Å²) in [5.74, 6) is 0.387. The van der Waals surface area contributed by atoms with Gasteiger partial charge in [-0.1, -0.05) is 19.9 Å². The number of nitrogens with one attached hydrogen (secondary N) is 2. The van der Waals surface area contributed by atoms with Crippen LogP contribution < -0.4 is 10.6 Å². The van der Waals surface area contributed by atoms with Gasteiger partial charge in [0.1, 0.15) is 11.6 Å². The first-order chi connectivity index (χ1) is 10.6. The number of hydrogen-bond acceptors (Lipinski definition) is 3. The summed E-state index contributed by atoms with van der Waals surface area (Å²) in [6.45, 7) is 4.67.